The molecule has 0 radical (unpaired) electrons. The van der Waals surface area contributed by atoms with E-state index in [1.54, 1.807) is 0 Å². The number of carbonyl (C=O) groups is 7. The molecule has 0 unspecified atom stereocenters. The number of carboxylic acid groups (broad SMARTS) is 4. The molecule has 214 valence electrons. The fourth-order valence-electron chi connectivity index (χ4n) is 0.538. The molecule has 0 aromatic heterocycles. The normalized spacial score (nSPS) is 7.97. The predicted octanol–water partition coefficient (Wildman–Crippen LogP) is -7.41. The first-order valence-corrected chi connectivity index (χ1v) is 10.4. The summed E-state index contributed by atoms with van der Waals surface area (Å²) in [6, 6.07) is 0. The number of nitrogens with two attached hydrogens (primary N) is 7. The van der Waals surface area contributed by atoms with Crippen molar-refractivity contribution in [3.8, 4) is 0 Å². The van der Waals surface area contributed by atoms with Crippen LogP contribution in [0, 0.1) is 0 Å². The Morgan fingerprint density at radius 2 is 0.568 bits per heavy atom. The summed E-state index contributed by atoms with van der Waals surface area (Å²) < 4.78 is 13.6. The number of rotatable bonds is 10. The third kappa shape index (κ3) is 60.2. The van der Waals surface area contributed by atoms with E-state index in [1.165, 1.54) is 0 Å². The quantitative estimate of drug-likeness (QED) is 0.0987. The maximum absolute atomic E-state index is 10.8. The zero-order valence-electron chi connectivity index (χ0n) is 19.4. The van der Waals surface area contributed by atoms with Gasteiger partial charge in [-0.2, -0.15) is 0 Å². The largest absolute Gasteiger partial charge is 1.20 e. The average molecular weight is 641 g/mol. The van der Waals surface area contributed by atoms with Crippen molar-refractivity contribution in [3.63, 3.8) is 0 Å². The monoisotopic (exact) mass is 639 g/mol. The van der Waals surface area contributed by atoms with Crippen LogP contribution < -0.4 is 40.1 Å². The fraction of sp³-hybridized carbons (Fsp3) is 0.500. The van der Waals surface area contributed by atoms with Crippen LogP contribution in [0.4, 0.5) is 0 Å². The van der Waals surface area contributed by atoms with Gasteiger partial charge in [0, 0.05) is 26.2 Å². The van der Waals surface area contributed by atoms with Crippen molar-refractivity contribution in [3.05, 3.63) is 0 Å². The van der Waals surface area contributed by atoms with Gasteiger partial charge in [-0.1, -0.05) is 0 Å². The molecule has 0 aliphatic carbocycles. The van der Waals surface area contributed by atoms with Crippen LogP contribution in [-0.4, -0.2) is 123 Å². The number of hydrogen-bond acceptors (Lipinski definition) is 17. The first-order chi connectivity index (χ1) is 16.6. The Labute approximate surface area is 234 Å². The summed E-state index contributed by atoms with van der Waals surface area (Å²) in [7, 11) is 0. The first kappa shape index (κ1) is 47.6. The Kier molecular flexibility index (Phi) is 45.8. The van der Waals surface area contributed by atoms with Crippen LogP contribution in [0.3, 0.4) is 0 Å². The van der Waals surface area contributed by atoms with Crippen LogP contribution in [0.5, 0.6) is 0 Å². The molecule has 23 heteroatoms. The summed E-state index contributed by atoms with van der Waals surface area (Å²) in [6.07, 6.45) is 0. The molecule has 0 bridgehead atoms. The van der Waals surface area contributed by atoms with Gasteiger partial charge < -0.3 is 71.9 Å². The molecular weight excluding hydrogens is 608 g/mol. The zero-order valence-corrected chi connectivity index (χ0v) is 23.1. The smallest absolute Gasteiger partial charge is 0.550 e. The van der Waals surface area contributed by atoms with E-state index < -0.39 is 76.6 Å². The second-order valence-corrected chi connectivity index (χ2v) is 6.05. The maximum Gasteiger partial charge on any atom is 1.20 e. The van der Waals surface area contributed by atoms with E-state index in [9.17, 15) is 33.6 Å². The number of hydrogen-bond donors (Lipinski definition) is 11. The van der Waals surface area contributed by atoms with Crippen LogP contribution >= 0.6 is 0 Å². The van der Waals surface area contributed by atoms with Crippen molar-refractivity contribution in [1.29, 1.82) is 0 Å². The van der Waals surface area contributed by atoms with Crippen LogP contribution in [0.25, 0.3) is 0 Å². The summed E-state index contributed by atoms with van der Waals surface area (Å²) >= 11 is -3.25. The molecule has 0 saturated heterocycles. The minimum atomic E-state index is -3.25. The van der Waals surface area contributed by atoms with Crippen LogP contribution in [-0.2, 0) is 71.1 Å². The molecule has 0 atom stereocenters. The predicted molar refractivity (Wildman–Crippen MR) is 118 cm³/mol. The van der Waals surface area contributed by atoms with Gasteiger partial charge in [0.2, 0.25) is 0 Å². The third-order valence-electron chi connectivity index (χ3n) is 1.88. The molecule has 0 fully saturated rings. The second-order valence-electron chi connectivity index (χ2n) is 4.76. The molecule has 0 aromatic rings. The van der Waals surface area contributed by atoms with Crippen molar-refractivity contribution in [2.45, 2.75) is 0 Å². The molecule has 18 N–H and O–H groups in total. The fourth-order valence-corrected chi connectivity index (χ4v) is 1.62. The van der Waals surface area contributed by atoms with Gasteiger partial charge in [-0.3, -0.25) is 33.6 Å². The SMILES string of the molecule is NCC(=O)O.NCC(=O)O.NCC(=O)O.NCC(=O)O.NCC(=O)[O][Al]([O]C(=O)CN)[O]C(=O)CN.[Zr]. The molecule has 0 rings (SSSR count). The van der Waals surface area contributed by atoms with Crippen molar-refractivity contribution in [1.82, 2.24) is 0 Å². The summed E-state index contributed by atoms with van der Waals surface area (Å²) in [6.45, 7) is -2.39. The summed E-state index contributed by atoms with van der Waals surface area (Å²) in [5.41, 5.74) is 33.2. The molecule has 0 spiro atoms. The van der Waals surface area contributed by atoms with E-state index in [4.69, 9.17) is 37.6 Å². The van der Waals surface area contributed by atoms with Crippen molar-refractivity contribution in [2.24, 2.45) is 40.1 Å². The maximum atomic E-state index is 10.8. The Hall–Kier alpha value is -2.57. The molecule has 0 aliphatic rings. The van der Waals surface area contributed by atoms with Crippen molar-refractivity contribution in [2.75, 3.05) is 45.8 Å². The average Bonchev–Trinajstić information content (AvgIpc) is 2.84. The third-order valence-corrected chi connectivity index (χ3v) is 3.25. The van der Waals surface area contributed by atoms with E-state index in [1.807, 2.05) is 0 Å². The second kappa shape index (κ2) is 35.6. The summed E-state index contributed by atoms with van der Waals surface area (Å²) in [5.74, 6) is -6.44. The van der Waals surface area contributed by atoms with E-state index in [-0.39, 0.29) is 52.4 Å². The summed E-state index contributed by atoms with van der Waals surface area (Å²) in [5, 5.41) is 30.4. The van der Waals surface area contributed by atoms with Gasteiger partial charge in [-0.25, -0.2) is 0 Å². The molecular formula is C14H32AlN7O14Zr. The van der Waals surface area contributed by atoms with E-state index >= 15 is 0 Å². The minimum absolute atomic E-state index is 0. The van der Waals surface area contributed by atoms with Gasteiger partial charge in [-0.05, 0) is 0 Å². The summed E-state index contributed by atoms with van der Waals surface area (Å²) in [4.78, 5) is 69.4. The molecule has 37 heavy (non-hydrogen) atoms. The van der Waals surface area contributed by atoms with Gasteiger partial charge >= 0.3 is 39.0 Å². The minimum Gasteiger partial charge on any atom is -0.550 e. The molecule has 21 nitrogen and oxygen atoms in total. The number of carboxylic acids is 4. The van der Waals surface area contributed by atoms with E-state index in [0.29, 0.717) is 0 Å². The topological polar surface area (TPSA) is 410 Å². The first-order valence-electron chi connectivity index (χ1n) is 8.98. The standard InChI is InChI=1S/7C2H5NO2.Al.Zr/c7*3-1-2(4)5;;/h7*1,3H2,(H,4,5);;/q;;;;;;;+3;/p-3. The van der Waals surface area contributed by atoms with Gasteiger partial charge in [0.05, 0.1) is 45.8 Å². The Bertz CT molecular complexity index is 576. The molecule has 0 amide bonds. The number of aliphatic carboxylic acids is 4. The van der Waals surface area contributed by atoms with Gasteiger partial charge in [0.25, 0.3) is 17.9 Å². The molecule has 0 aliphatic heterocycles. The molecule has 0 aromatic carbocycles. The van der Waals surface area contributed by atoms with Crippen molar-refractivity contribution >= 4 is 56.9 Å². The molecule has 0 saturated carbocycles. The number of carbonyl (C=O) groups excluding carboxylic acids is 3. The van der Waals surface area contributed by atoms with Gasteiger partial charge in [0.15, 0.2) is 0 Å². The van der Waals surface area contributed by atoms with Crippen molar-refractivity contribution < 1.29 is 91.6 Å². The van der Waals surface area contributed by atoms with Gasteiger partial charge in [-0.15, -0.1) is 0 Å². The Morgan fingerprint density at radius 1 is 0.432 bits per heavy atom. The van der Waals surface area contributed by atoms with E-state index in [2.05, 4.69) is 34.3 Å². The van der Waals surface area contributed by atoms with Gasteiger partial charge in [0.1, 0.15) is 0 Å². The van der Waals surface area contributed by atoms with Crippen LogP contribution in [0.1, 0.15) is 0 Å². The molecule has 0 heterocycles. The Balaban J connectivity index is -0.0000000941. The zero-order chi connectivity index (χ0) is 29.7. The Morgan fingerprint density at radius 3 is 0.649 bits per heavy atom. The van der Waals surface area contributed by atoms with E-state index in [0.717, 1.165) is 0 Å². The van der Waals surface area contributed by atoms with Crippen LogP contribution in [0.2, 0.25) is 0 Å². The van der Waals surface area contributed by atoms with Crippen LogP contribution in [0.15, 0.2) is 0 Å².